The normalized spacial score (nSPS) is 14.5. The smallest absolute Gasteiger partial charge is 0.254 e. The molecule has 2 aromatic heterocycles. The van der Waals surface area contributed by atoms with Gasteiger partial charge in [-0.25, -0.2) is 17.8 Å². The van der Waals surface area contributed by atoms with Gasteiger partial charge in [0.25, 0.3) is 5.56 Å². The number of nitrogens with one attached hydrogen (secondary N) is 1. The second-order valence-corrected chi connectivity index (χ2v) is 9.17. The zero-order chi connectivity index (χ0) is 21.6. The molecule has 1 aliphatic rings. The number of fused-ring (bicyclic) bond motifs is 2. The van der Waals surface area contributed by atoms with Crippen LogP contribution in [0.3, 0.4) is 0 Å². The van der Waals surface area contributed by atoms with E-state index in [1.807, 2.05) is 12.1 Å². The van der Waals surface area contributed by atoms with E-state index in [1.165, 1.54) is 34.6 Å². The number of pyridine rings is 1. The monoisotopic (exact) mass is 436 g/mol. The van der Waals surface area contributed by atoms with Crippen LogP contribution in [0.5, 0.6) is 0 Å². The first-order valence-corrected chi connectivity index (χ1v) is 11.1. The lowest BCUT2D eigenvalue weighted by Crippen LogP contribution is -2.39. The minimum atomic E-state index is -3.86. The van der Waals surface area contributed by atoms with E-state index in [9.17, 15) is 17.6 Å². The largest absolute Gasteiger partial charge is 0.306 e. The minimum Gasteiger partial charge on any atom is -0.306 e. The van der Waals surface area contributed by atoms with E-state index in [1.54, 1.807) is 18.3 Å². The van der Waals surface area contributed by atoms with Crippen molar-refractivity contribution in [2.45, 2.75) is 17.9 Å². The van der Waals surface area contributed by atoms with Crippen LogP contribution in [0.15, 0.2) is 70.5 Å². The maximum atomic E-state index is 13.4. The van der Waals surface area contributed by atoms with Gasteiger partial charge in [0.05, 0.1) is 17.8 Å². The van der Waals surface area contributed by atoms with E-state index in [2.05, 4.69) is 15.0 Å². The number of nitrogens with zero attached hydrogens (tertiary/aromatic N) is 3. The first-order chi connectivity index (χ1) is 14.9. The van der Waals surface area contributed by atoms with Gasteiger partial charge in [0.15, 0.2) is 0 Å². The van der Waals surface area contributed by atoms with Crippen molar-refractivity contribution in [1.82, 2.24) is 19.3 Å². The van der Waals surface area contributed by atoms with Gasteiger partial charge in [0, 0.05) is 29.3 Å². The van der Waals surface area contributed by atoms with Crippen LogP contribution in [-0.4, -0.2) is 34.2 Å². The molecular formula is C22H17FN4O3S. The SMILES string of the molecule is O=c1[nH]c(-c2ccc(F)cc2)nc2c1CCN(S(=O)(=O)c1cccc3cccnc13)C2. The summed E-state index contributed by atoms with van der Waals surface area (Å²) >= 11 is 0. The van der Waals surface area contributed by atoms with Gasteiger partial charge in [-0.1, -0.05) is 18.2 Å². The summed E-state index contributed by atoms with van der Waals surface area (Å²) in [6, 6.07) is 14.2. The number of aromatic amines is 1. The highest BCUT2D eigenvalue weighted by atomic mass is 32.2. The number of para-hydroxylation sites is 1. The van der Waals surface area contributed by atoms with E-state index >= 15 is 0 Å². The van der Waals surface area contributed by atoms with Crippen LogP contribution in [0.4, 0.5) is 4.39 Å². The molecule has 0 bridgehead atoms. The quantitative estimate of drug-likeness (QED) is 0.533. The van der Waals surface area contributed by atoms with Gasteiger partial charge >= 0.3 is 0 Å². The Morgan fingerprint density at radius 1 is 1.03 bits per heavy atom. The highest BCUT2D eigenvalue weighted by molar-refractivity contribution is 7.89. The first-order valence-electron chi connectivity index (χ1n) is 9.65. The summed E-state index contributed by atoms with van der Waals surface area (Å²) in [6.45, 7) is 0.137. The van der Waals surface area contributed by atoms with Gasteiger partial charge < -0.3 is 4.98 Å². The molecule has 1 aliphatic heterocycles. The highest BCUT2D eigenvalue weighted by Gasteiger charge is 2.32. The van der Waals surface area contributed by atoms with Crippen LogP contribution in [0.1, 0.15) is 11.3 Å². The molecule has 2 aromatic carbocycles. The Hall–Kier alpha value is -3.43. The van der Waals surface area contributed by atoms with E-state index in [-0.39, 0.29) is 35.8 Å². The molecular weight excluding hydrogens is 419 g/mol. The lowest BCUT2D eigenvalue weighted by Gasteiger charge is -2.27. The summed E-state index contributed by atoms with van der Waals surface area (Å²) in [5.41, 5.74) is 1.49. The zero-order valence-electron chi connectivity index (χ0n) is 16.2. The molecule has 9 heteroatoms. The Balaban J connectivity index is 1.55. The second-order valence-electron chi connectivity index (χ2n) is 7.27. The number of rotatable bonds is 3. The lowest BCUT2D eigenvalue weighted by atomic mass is 10.1. The van der Waals surface area contributed by atoms with E-state index in [0.717, 1.165) is 5.39 Å². The number of hydrogen-bond donors (Lipinski definition) is 1. The summed E-state index contributed by atoms with van der Waals surface area (Å²) in [4.78, 5) is 24.2. The van der Waals surface area contributed by atoms with Crippen molar-refractivity contribution < 1.29 is 12.8 Å². The second kappa shape index (κ2) is 7.36. The molecule has 4 aromatic rings. The Morgan fingerprint density at radius 2 is 1.81 bits per heavy atom. The molecule has 0 aliphatic carbocycles. The molecule has 1 N–H and O–H groups in total. The van der Waals surface area contributed by atoms with Crippen molar-refractivity contribution in [2.24, 2.45) is 0 Å². The van der Waals surface area contributed by atoms with Gasteiger partial charge in [-0.15, -0.1) is 0 Å². The van der Waals surface area contributed by atoms with Gasteiger partial charge in [-0.3, -0.25) is 9.78 Å². The number of halogens is 1. The molecule has 156 valence electrons. The zero-order valence-corrected chi connectivity index (χ0v) is 17.1. The third-order valence-electron chi connectivity index (χ3n) is 5.37. The number of benzene rings is 2. The van der Waals surface area contributed by atoms with Crippen LogP contribution in [0, 0.1) is 5.82 Å². The van der Waals surface area contributed by atoms with Crippen molar-refractivity contribution >= 4 is 20.9 Å². The maximum Gasteiger partial charge on any atom is 0.254 e. The van der Waals surface area contributed by atoms with Gasteiger partial charge in [-0.05, 0) is 42.8 Å². The molecule has 0 saturated carbocycles. The standard InChI is InChI=1S/C22H17FN4O3S/c23-16-8-6-15(7-9-16)21-25-18-13-27(12-10-17(18)22(28)26-21)31(29,30)19-5-1-3-14-4-2-11-24-20(14)19/h1-9,11H,10,12-13H2,(H,25,26,28). The van der Waals surface area contributed by atoms with Crippen LogP contribution in [0.2, 0.25) is 0 Å². The summed E-state index contributed by atoms with van der Waals surface area (Å²) < 4.78 is 41.4. The summed E-state index contributed by atoms with van der Waals surface area (Å²) in [7, 11) is -3.86. The number of aromatic nitrogens is 3. The van der Waals surface area contributed by atoms with Crippen molar-refractivity contribution in [3.63, 3.8) is 0 Å². The Morgan fingerprint density at radius 3 is 2.61 bits per heavy atom. The Kier molecular flexibility index (Phi) is 4.64. The third-order valence-corrected chi connectivity index (χ3v) is 7.25. The van der Waals surface area contributed by atoms with Gasteiger partial charge in [-0.2, -0.15) is 4.31 Å². The fourth-order valence-corrected chi connectivity index (χ4v) is 5.36. The lowest BCUT2D eigenvalue weighted by molar-refractivity contribution is 0.384. The van der Waals surface area contributed by atoms with Crippen LogP contribution >= 0.6 is 0 Å². The minimum absolute atomic E-state index is 0.0288. The Labute approximate surface area is 177 Å². The van der Waals surface area contributed by atoms with Crippen LogP contribution in [0.25, 0.3) is 22.3 Å². The third kappa shape index (κ3) is 3.41. The van der Waals surface area contributed by atoms with Crippen LogP contribution < -0.4 is 5.56 Å². The summed E-state index contributed by atoms with van der Waals surface area (Å²) in [5.74, 6) is -0.125. The predicted octanol–water partition coefficient (Wildman–Crippen LogP) is 2.87. The van der Waals surface area contributed by atoms with Gasteiger partial charge in [0.1, 0.15) is 16.5 Å². The first kappa shape index (κ1) is 19.5. The average molecular weight is 436 g/mol. The molecule has 0 amide bonds. The molecule has 7 nitrogen and oxygen atoms in total. The van der Waals surface area contributed by atoms with Gasteiger partial charge in [0.2, 0.25) is 10.0 Å². The maximum absolute atomic E-state index is 13.4. The average Bonchev–Trinajstić information content (AvgIpc) is 2.78. The topological polar surface area (TPSA) is 96.0 Å². The number of H-pyrrole nitrogens is 1. The summed E-state index contributed by atoms with van der Waals surface area (Å²) in [5, 5.41) is 0.731. The van der Waals surface area contributed by atoms with Crippen LogP contribution in [-0.2, 0) is 23.0 Å². The molecule has 0 atom stereocenters. The van der Waals surface area contributed by atoms with E-state index in [4.69, 9.17) is 0 Å². The van der Waals surface area contributed by atoms with Crippen molar-refractivity contribution in [1.29, 1.82) is 0 Å². The van der Waals surface area contributed by atoms with Crippen molar-refractivity contribution in [3.05, 3.63) is 88.2 Å². The fraction of sp³-hybridized carbons (Fsp3) is 0.136. The molecule has 0 radical (unpaired) electrons. The highest BCUT2D eigenvalue weighted by Crippen LogP contribution is 2.28. The number of sulfonamides is 1. The number of hydrogen-bond acceptors (Lipinski definition) is 5. The van der Waals surface area contributed by atoms with E-state index < -0.39 is 15.8 Å². The van der Waals surface area contributed by atoms with E-state index in [0.29, 0.717) is 22.3 Å². The molecule has 0 fully saturated rings. The molecule has 0 saturated heterocycles. The molecule has 5 rings (SSSR count). The summed E-state index contributed by atoms with van der Waals surface area (Å²) in [6.07, 6.45) is 1.81. The van der Waals surface area contributed by atoms with Crippen molar-refractivity contribution in [3.8, 4) is 11.4 Å². The fourth-order valence-electron chi connectivity index (χ4n) is 3.79. The molecule has 31 heavy (non-hydrogen) atoms. The molecule has 0 unspecified atom stereocenters. The predicted molar refractivity (Wildman–Crippen MR) is 113 cm³/mol. The molecule has 0 spiro atoms. The van der Waals surface area contributed by atoms with Crippen molar-refractivity contribution in [2.75, 3.05) is 6.54 Å². The molecule has 3 heterocycles. The Bertz CT molecular complexity index is 1460.